The molecule has 0 spiro atoms. The maximum Gasteiger partial charge on any atom is 0.488 e. The fourth-order valence-electron chi connectivity index (χ4n) is 1.30. The van der Waals surface area contributed by atoms with E-state index in [0.29, 0.717) is 11.3 Å². The van der Waals surface area contributed by atoms with Crippen molar-refractivity contribution in [3.05, 3.63) is 36.3 Å². The summed E-state index contributed by atoms with van der Waals surface area (Å²) >= 11 is 0. The molecule has 2 rings (SSSR count). The Morgan fingerprint density at radius 1 is 1.33 bits per heavy atom. The van der Waals surface area contributed by atoms with Crippen LogP contribution >= 0.6 is 0 Å². The second-order valence-corrected chi connectivity index (χ2v) is 3.16. The first kappa shape index (κ1) is 9.84. The van der Waals surface area contributed by atoms with E-state index in [0.717, 1.165) is 5.69 Å². The molecule has 0 bridgehead atoms. The van der Waals surface area contributed by atoms with Crippen molar-refractivity contribution in [1.29, 1.82) is 0 Å². The van der Waals surface area contributed by atoms with E-state index in [9.17, 15) is 0 Å². The highest BCUT2D eigenvalue weighted by Crippen LogP contribution is 2.12. The van der Waals surface area contributed by atoms with Gasteiger partial charge < -0.3 is 15.8 Å². The standard InChI is InChI=1S/C8H11BN4O2/c10-8-5-13(12-11-8)7-3-1-2-6(4-7)9(14)15/h1-5,11-12,14-15H,10H2. The van der Waals surface area contributed by atoms with Crippen molar-refractivity contribution in [2.75, 3.05) is 5.01 Å². The van der Waals surface area contributed by atoms with Gasteiger partial charge in [-0.3, -0.25) is 10.4 Å². The van der Waals surface area contributed by atoms with Crippen LogP contribution in [0, 0.1) is 0 Å². The van der Waals surface area contributed by atoms with Gasteiger partial charge in [0.1, 0.15) is 5.82 Å². The van der Waals surface area contributed by atoms with Gasteiger partial charge in [-0.15, -0.1) is 5.53 Å². The van der Waals surface area contributed by atoms with Crippen LogP contribution in [-0.2, 0) is 0 Å². The summed E-state index contributed by atoms with van der Waals surface area (Å²) in [4.78, 5) is 0. The number of hydrazine groups is 2. The smallest absolute Gasteiger partial charge is 0.423 e. The molecule has 1 aliphatic heterocycles. The van der Waals surface area contributed by atoms with Gasteiger partial charge in [0.15, 0.2) is 0 Å². The molecule has 1 aromatic carbocycles. The first-order valence-electron chi connectivity index (χ1n) is 4.41. The van der Waals surface area contributed by atoms with E-state index in [4.69, 9.17) is 15.8 Å². The molecule has 1 aliphatic rings. The lowest BCUT2D eigenvalue weighted by Gasteiger charge is -2.15. The monoisotopic (exact) mass is 206 g/mol. The van der Waals surface area contributed by atoms with E-state index in [1.807, 2.05) is 6.07 Å². The van der Waals surface area contributed by atoms with Crippen molar-refractivity contribution in [1.82, 2.24) is 11.0 Å². The molecule has 0 atom stereocenters. The van der Waals surface area contributed by atoms with Gasteiger partial charge in [0.25, 0.3) is 0 Å². The third-order valence-electron chi connectivity index (χ3n) is 2.04. The Bertz CT molecular complexity index is 396. The third-order valence-corrected chi connectivity index (χ3v) is 2.04. The fraction of sp³-hybridized carbons (Fsp3) is 0. The molecule has 0 aliphatic carbocycles. The molecule has 6 N–H and O–H groups in total. The Hall–Kier alpha value is -1.70. The summed E-state index contributed by atoms with van der Waals surface area (Å²) in [5, 5.41) is 19.6. The average Bonchev–Trinajstić information content (AvgIpc) is 2.65. The molecular formula is C8H11BN4O2. The van der Waals surface area contributed by atoms with E-state index >= 15 is 0 Å². The van der Waals surface area contributed by atoms with Crippen molar-refractivity contribution in [2.45, 2.75) is 0 Å². The molecule has 0 unspecified atom stereocenters. The number of rotatable bonds is 2. The Kier molecular flexibility index (Phi) is 2.50. The van der Waals surface area contributed by atoms with Crippen molar-refractivity contribution in [3.63, 3.8) is 0 Å². The molecule has 0 saturated heterocycles. The second kappa shape index (κ2) is 3.81. The van der Waals surface area contributed by atoms with Crippen molar-refractivity contribution in [3.8, 4) is 0 Å². The molecular weight excluding hydrogens is 195 g/mol. The van der Waals surface area contributed by atoms with Gasteiger partial charge in [0.2, 0.25) is 0 Å². The van der Waals surface area contributed by atoms with E-state index in [1.54, 1.807) is 29.4 Å². The Labute approximate surface area is 87.1 Å². The number of anilines is 1. The molecule has 1 heterocycles. The van der Waals surface area contributed by atoms with Crippen LogP contribution in [0.1, 0.15) is 0 Å². The Morgan fingerprint density at radius 3 is 2.73 bits per heavy atom. The topological polar surface area (TPSA) is 93.8 Å². The predicted molar refractivity (Wildman–Crippen MR) is 57.3 cm³/mol. The number of nitrogens with one attached hydrogen (secondary N) is 2. The van der Waals surface area contributed by atoms with Gasteiger partial charge in [-0.25, -0.2) is 0 Å². The van der Waals surface area contributed by atoms with Crippen LogP contribution in [0.2, 0.25) is 0 Å². The van der Waals surface area contributed by atoms with Crippen molar-refractivity contribution in [2.24, 2.45) is 5.73 Å². The van der Waals surface area contributed by atoms with Crippen LogP contribution in [0.15, 0.2) is 36.3 Å². The van der Waals surface area contributed by atoms with Crippen LogP contribution in [0.4, 0.5) is 5.69 Å². The van der Waals surface area contributed by atoms with E-state index in [-0.39, 0.29) is 0 Å². The fourth-order valence-corrected chi connectivity index (χ4v) is 1.30. The number of nitrogens with two attached hydrogens (primary N) is 1. The molecule has 0 aromatic heterocycles. The highest BCUT2D eigenvalue weighted by molar-refractivity contribution is 6.58. The molecule has 0 saturated carbocycles. The number of benzene rings is 1. The maximum absolute atomic E-state index is 9.00. The molecule has 0 radical (unpaired) electrons. The average molecular weight is 206 g/mol. The molecule has 6 nitrogen and oxygen atoms in total. The van der Waals surface area contributed by atoms with Crippen LogP contribution in [-0.4, -0.2) is 17.2 Å². The number of hydrogen-bond donors (Lipinski definition) is 5. The maximum atomic E-state index is 9.00. The number of nitrogens with zero attached hydrogens (tertiary/aromatic N) is 1. The van der Waals surface area contributed by atoms with E-state index in [2.05, 4.69) is 11.0 Å². The Balaban J connectivity index is 2.25. The summed E-state index contributed by atoms with van der Waals surface area (Å²) in [5.74, 6) is 0.491. The van der Waals surface area contributed by atoms with Crippen LogP contribution in [0.5, 0.6) is 0 Å². The summed E-state index contributed by atoms with van der Waals surface area (Å²) in [6.07, 6.45) is 1.66. The van der Waals surface area contributed by atoms with E-state index < -0.39 is 7.12 Å². The summed E-state index contributed by atoms with van der Waals surface area (Å²) < 4.78 is 0. The van der Waals surface area contributed by atoms with Gasteiger partial charge in [-0.1, -0.05) is 12.1 Å². The SMILES string of the molecule is NC1=CN(c2cccc(B(O)O)c2)NN1. The predicted octanol–water partition coefficient (Wildman–Crippen LogP) is -2.05. The third kappa shape index (κ3) is 2.04. The van der Waals surface area contributed by atoms with E-state index in [1.165, 1.54) is 0 Å². The molecule has 7 heteroatoms. The number of hydrogen-bond acceptors (Lipinski definition) is 6. The summed E-state index contributed by atoms with van der Waals surface area (Å²) in [6, 6.07) is 6.82. The lowest BCUT2D eigenvalue weighted by Crippen LogP contribution is -2.38. The first-order chi connectivity index (χ1) is 7.16. The lowest BCUT2D eigenvalue weighted by molar-refractivity contribution is 0.426. The highest BCUT2D eigenvalue weighted by Gasteiger charge is 2.14. The second-order valence-electron chi connectivity index (χ2n) is 3.16. The van der Waals surface area contributed by atoms with Gasteiger partial charge in [-0.05, 0) is 17.6 Å². The normalized spacial score (nSPS) is 14.8. The van der Waals surface area contributed by atoms with Crippen LogP contribution in [0.25, 0.3) is 0 Å². The lowest BCUT2D eigenvalue weighted by atomic mass is 9.80. The van der Waals surface area contributed by atoms with Gasteiger partial charge in [-0.2, -0.15) is 0 Å². The molecule has 0 amide bonds. The van der Waals surface area contributed by atoms with Crippen LogP contribution < -0.4 is 27.2 Å². The molecule has 78 valence electrons. The largest absolute Gasteiger partial charge is 0.488 e. The minimum absolute atomic E-state index is 0.424. The quantitative estimate of drug-likeness (QED) is 0.358. The molecule has 0 fully saturated rings. The zero-order chi connectivity index (χ0) is 10.8. The van der Waals surface area contributed by atoms with Crippen LogP contribution in [0.3, 0.4) is 0 Å². The summed E-state index contributed by atoms with van der Waals surface area (Å²) in [6.45, 7) is 0. The zero-order valence-corrected chi connectivity index (χ0v) is 7.88. The minimum atomic E-state index is -1.47. The summed E-state index contributed by atoms with van der Waals surface area (Å²) in [7, 11) is -1.47. The van der Waals surface area contributed by atoms with Crippen molar-refractivity contribution >= 4 is 18.3 Å². The zero-order valence-electron chi connectivity index (χ0n) is 7.88. The Morgan fingerprint density at radius 2 is 2.13 bits per heavy atom. The highest BCUT2D eigenvalue weighted by atomic mass is 16.4. The molecule has 1 aromatic rings. The first-order valence-corrected chi connectivity index (χ1v) is 4.41. The molecule has 15 heavy (non-hydrogen) atoms. The van der Waals surface area contributed by atoms with Gasteiger partial charge >= 0.3 is 7.12 Å². The van der Waals surface area contributed by atoms with Crippen molar-refractivity contribution < 1.29 is 10.0 Å². The van der Waals surface area contributed by atoms with Gasteiger partial charge in [0.05, 0.1) is 11.9 Å². The minimum Gasteiger partial charge on any atom is -0.423 e. The summed E-state index contributed by atoms with van der Waals surface area (Å²) in [5.41, 5.74) is 12.2. The van der Waals surface area contributed by atoms with Gasteiger partial charge in [0, 0.05) is 0 Å².